The van der Waals surface area contributed by atoms with Crippen molar-refractivity contribution in [1.29, 1.82) is 5.53 Å². The zero-order chi connectivity index (χ0) is 10.0. The van der Waals surface area contributed by atoms with Gasteiger partial charge in [-0.15, -0.1) is 0 Å². The summed E-state index contributed by atoms with van der Waals surface area (Å²) in [6.45, 7) is 3.33. The van der Waals surface area contributed by atoms with Crippen LogP contribution in [0.3, 0.4) is 0 Å². The molecule has 1 aromatic carbocycles. The lowest BCUT2D eigenvalue weighted by Crippen LogP contribution is -1.95. The molecular formula is C9H9IN2O. The van der Waals surface area contributed by atoms with E-state index in [0.29, 0.717) is 11.3 Å². The molecule has 4 heteroatoms. The molecule has 0 bridgehead atoms. The van der Waals surface area contributed by atoms with E-state index < -0.39 is 0 Å². The van der Waals surface area contributed by atoms with Gasteiger partial charge in [0.25, 0.3) is 0 Å². The lowest BCUT2D eigenvalue weighted by atomic mass is 10.1. The normalized spacial score (nSPS) is 9.77. The molecule has 0 radical (unpaired) electrons. The molecular weight excluding hydrogens is 279 g/mol. The number of carbonyl (C=O) groups excluding carboxylic acids is 1. The highest BCUT2D eigenvalue weighted by Crippen LogP contribution is 2.26. The quantitative estimate of drug-likeness (QED) is 0.505. The molecule has 13 heavy (non-hydrogen) atoms. The van der Waals surface area contributed by atoms with E-state index in [1.165, 1.54) is 6.92 Å². The van der Waals surface area contributed by atoms with Crippen LogP contribution in [0, 0.1) is 16.0 Å². The summed E-state index contributed by atoms with van der Waals surface area (Å²) in [4.78, 5) is 11.2. The number of nitrogens with one attached hydrogen (secondary N) is 1. The minimum Gasteiger partial charge on any atom is -0.294 e. The zero-order valence-electron chi connectivity index (χ0n) is 7.39. The van der Waals surface area contributed by atoms with Crippen LogP contribution in [0.1, 0.15) is 22.8 Å². The van der Waals surface area contributed by atoms with Gasteiger partial charge in [-0.3, -0.25) is 4.79 Å². The van der Waals surface area contributed by atoms with Crippen LogP contribution in [-0.2, 0) is 0 Å². The molecule has 0 saturated carbocycles. The Hall–Kier alpha value is -0.780. The summed E-state index contributed by atoms with van der Waals surface area (Å²) in [7, 11) is 0. The fourth-order valence-corrected chi connectivity index (χ4v) is 1.93. The third-order valence-electron chi connectivity index (χ3n) is 1.76. The van der Waals surface area contributed by atoms with Crippen LogP contribution in [0.4, 0.5) is 5.69 Å². The van der Waals surface area contributed by atoms with Gasteiger partial charge in [0.05, 0.1) is 5.69 Å². The summed E-state index contributed by atoms with van der Waals surface area (Å²) >= 11 is 2.14. The molecule has 0 amide bonds. The largest absolute Gasteiger partial charge is 0.294 e. The SMILES string of the molecule is CC(=O)c1cc(I)cc(C)c1N=N. The predicted octanol–water partition coefficient (Wildman–Crippen LogP) is 3.46. The Balaban J connectivity index is 3.46. The molecule has 1 rings (SSSR count). The second-order valence-corrected chi connectivity index (χ2v) is 4.03. The summed E-state index contributed by atoms with van der Waals surface area (Å²) in [6.07, 6.45) is 0. The third-order valence-corrected chi connectivity index (χ3v) is 2.38. The van der Waals surface area contributed by atoms with Gasteiger partial charge >= 0.3 is 0 Å². The number of ketones is 1. The first-order chi connectivity index (χ1) is 6.06. The maximum absolute atomic E-state index is 11.2. The average Bonchev–Trinajstić information content (AvgIpc) is 2.02. The number of hydrogen-bond donors (Lipinski definition) is 1. The highest BCUT2D eigenvalue weighted by molar-refractivity contribution is 14.1. The van der Waals surface area contributed by atoms with E-state index in [9.17, 15) is 4.79 Å². The van der Waals surface area contributed by atoms with Gasteiger partial charge in [0, 0.05) is 9.13 Å². The molecule has 1 N–H and O–H groups in total. The van der Waals surface area contributed by atoms with Crippen LogP contribution >= 0.6 is 22.6 Å². The predicted molar refractivity (Wildman–Crippen MR) is 58.7 cm³/mol. The van der Waals surface area contributed by atoms with Crippen LogP contribution in [0.25, 0.3) is 0 Å². The maximum atomic E-state index is 11.2. The molecule has 0 unspecified atom stereocenters. The number of Topliss-reactive ketones (excluding diaryl/α,β-unsaturated/α-hetero) is 1. The van der Waals surface area contributed by atoms with E-state index in [1.54, 1.807) is 6.07 Å². The number of hydrogen-bond acceptors (Lipinski definition) is 3. The molecule has 0 heterocycles. The third kappa shape index (κ3) is 2.12. The van der Waals surface area contributed by atoms with Crippen molar-refractivity contribution in [2.45, 2.75) is 13.8 Å². The van der Waals surface area contributed by atoms with Crippen LogP contribution in [0.5, 0.6) is 0 Å². The molecule has 0 saturated heterocycles. The van der Waals surface area contributed by atoms with Crippen molar-refractivity contribution in [2.75, 3.05) is 0 Å². The van der Waals surface area contributed by atoms with Crippen molar-refractivity contribution in [2.24, 2.45) is 5.11 Å². The van der Waals surface area contributed by atoms with Gasteiger partial charge in [0.2, 0.25) is 0 Å². The van der Waals surface area contributed by atoms with Gasteiger partial charge in [0.15, 0.2) is 5.78 Å². The van der Waals surface area contributed by atoms with Crippen molar-refractivity contribution in [3.05, 3.63) is 26.8 Å². The Morgan fingerprint density at radius 1 is 1.54 bits per heavy atom. The second-order valence-electron chi connectivity index (χ2n) is 2.79. The zero-order valence-corrected chi connectivity index (χ0v) is 9.55. The number of benzene rings is 1. The average molecular weight is 288 g/mol. The van der Waals surface area contributed by atoms with Crippen molar-refractivity contribution in [3.63, 3.8) is 0 Å². The fraction of sp³-hybridized carbons (Fsp3) is 0.222. The van der Waals surface area contributed by atoms with Gasteiger partial charge in [-0.2, -0.15) is 5.11 Å². The Kier molecular flexibility index (Phi) is 3.13. The summed E-state index contributed by atoms with van der Waals surface area (Å²) in [5.41, 5.74) is 8.83. The summed E-state index contributed by atoms with van der Waals surface area (Å²) in [5.74, 6) is -0.0485. The molecule has 0 atom stereocenters. The Morgan fingerprint density at radius 2 is 2.15 bits per heavy atom. The van der Waals surface area contributed by atoms with Crippen molar-refractivity contribution >= 4 is 34.1 Å². The minimum absolute atomic E-state index is 0.0485. The highest BCUT2D eigenvalue weighted by Gasteiger charge is 2.10. The van der Waals surface area contributed by atoms with E-state index in [4.69, 9.17) is 5.53 Å². The van der Waals surface area contributed by atoms with E-state index >= 15 is 0 Å². The first-order valence-corrected chi connectivity index (χ1v) is 4.82. The molecule has 0 spiro atoms. The molecule has 68 valence electrons. The maximum Gasteiger partial charge on any atom is 0.162 e. The van der Waals surface area contributed by atoms with Crippen molar-refractivity contribution < 1.29 is 4.79 Å². The number of carbonyl (C=O) groups is 1. The standard InChI is InChI=1S/C9H9IN2O/c1-5-3-7(10)4-8(6(2)13)9(5)12-11/h3-4,11H,1-2H3. The fourth-order valence-electron chi connectivity index (χ4n) is 1.15. The Labute approximate surface area is 90.2 Å². The Bertz CT molecular complexity index is 374. The van der Waals surface area contributed by atoms with Gasteiger partial charge < -0.3 is 0 Å². The van der Waals surface area contributed by atoms with Gasteiger partial charge in [-0.1, -0.05) is 0 Å². The van der Waals surface area contributed by atoms with Gasteiger partial charge in [-0.05, 0) is 54.1 Å². The van der Waals surface area contributed by atoms with E-state index in [-0.39, 0.29) is 5.78 Å². The molecule has 0 aliphatic carbocycles. The molecule has 1 aromatic rings. The summed E-state index contributed by atoms with van der Waals surface area (Å²) in [6, 6.07) is 3.66. The van der Waals surface area contributed by atoms with Crippen LogP contribution in [0.2, 0.25) is 0 Å². The second kappa shape index (κ2) is 3.95. The molecule has 3 nitrogen and oxygen atoms in total. The van der Waals surface area contributed by atoms with Gasteiger partial charge in [-0.25, -0.2) is 5.53 Å². The number of aryl methyl sites for hydroxylation is 1. The molecule has 0 aliphatic rings. The van der Waals surface area contributed by atoms with E-state index in [1.807, 2.05) is 13.0 Å². The topological polar surface area (TPSA) is 53.3 Å². The molecule has 0 fully saturated rings. The van der Waals surface area contributed by atoms with Crippen molar-refractivity contribution in [1.82, 2.24) is 0 Å². The monoisotopic (exact) mass is 288 g/mol. The highest BCUT2D eigenvalue weighted by atomic mass is 127. The van der Waals surface area contributed by atoms with Crippen molar-refractivity contribution in [3.8, 4) is 0 Å². The first kappa shape index (κ1) is 10.3. The first-order valence-electron chi connectivity index (χ1n) is 3.75. The Morgan fingerprint density at radius 3 is 2.62 bits per heavy atom. The van der Waals surface area contributed by atoms with Crippen LogP contribution < -0.4 is 0 Å². The summed E-state index contributed by atoms with van der Waals surface area (Å²) < 4.78 is 0.993. The minimum atomic E-state index is -0.0485. The smallest absolute Gasteiger partial charge is 0.162 e. The lowest BCUT2D eigenvalue weighted by Gasteiger charge is -2.04. The van der Waals surface area contributed by atoms with Crippen LogP contribution in [0.15, 0.2) is 17.2 Å². The number of nitrogens with zero attached hydrogens (tertiary/aromatic N) is 1. The van der Waals surface area contributed by atoms with E-state index in [0.717, 1.165) is 9.13 Å². The molecule has 0 aliphatic heterocycles. The van der Waals surface area contributed by atoms with Crippen LogP contribution in [-0.4, -0.2) is 5.78 Å². The number of rotatable bonds is 2. The molecule has 0 aromatic heterocycles. The van der Waals surface area contributed by atoms with Gasteiger partial charge in [0.1, 0.15) is 0 Å². The summed E-state index contributed by atoms with van der Waals surface area (Å²) in [5, 5.41) is 3.36. The number of halogens is 1. The lowest BCUT2D eigenvalue weighted by molar-refractivity contribution is 0.101. The van der Waals surface area contributed by atoms with E-state index in [2.05, 4.69) is 27.7 Å².